The fraction of sp³-hybridized carbons (Fsp3) is 0.467. The molecular formula is C15H19BrO3. The number of aliphatic hydroxyl groups excluding tert-OH is 2. The predicted molar refractivity (Wildman–Crippen MR) is 78.7 cm³/mol. The molecule has 0 aromatic rings. The second-order valence-corrected chi connectivity index (χ2v) is 5.75. The molecule has 0 amide bonds. The summed E-state index contributed by atoms with van der Waals surface area (Å²) in [6.45, 7) is 4.44. The number of halogens is 1. The van der Waals surface area contributed by atoms with E-state index < -0.39 is 0 Å². The van der Waals surface area contributed by atoms with Crippen molar-refractivity contribution in [2.75, 3.05) is 13.2 Å². The van der Waals surface area contributed by atoms with E-state index in [1.165, 1.54) is 16.7 Å². The average molecular weight is 327 g/mol. The maximum atomic E-state index is 9.25. The molecule has 2 aliphatic rings. The first-order chi connectivity index (χ1) is 9.11. The molecule has 0 unspecified atom stereocenters. The maximum Gasteiger partial charge on any atom is 0.105 e. The lowest BCUT2D eigenvalue weighted by molar-refractivity contribution is 0.242. The van der Waals surface area contributed by atoms with Gasteiger partial charge < -0.3 is 14.6 Å². The SMILES string of the molecule is Cc1c2cocc(Br)c-2c(C(CCO)CCO)c1C. The monoisotopic (exact) mass is 326 g/mol. The van der Waals surface area contributed by atoms with Crippen LogP contribution in [0.3, 0.4) is 0 Å². The van der Waals surface area contributed by atoms with E-state index >= 15 is 0 Å². The first-order valence-electron chi connectivity index (χ1n) is 6.48. The van der Waals surface area contributed by atoms with Crippen molar-refractivity contribution in [3.05, 3.63) is 33.7 Å². The molecule has 0 bridgehead atoms. The van der Waals surface area contributed by atoms with Crippen molar-refractivity contribution in [1.29, 1.82) is 0 Å². The molecule has 2 rings (SSSR count). The van der Waals surface area contributed by atoms with E-state index in [1.807, 2.05) is 0 Å². The highest BCUT2D eigenvalue weighted by atomic mass is 79.9. The molecule has 104 valence electrons. The van der Waals surface area contributed by atoms with E-state index in [4.69, 9.17) is 4.42 Å². The molecule has 0 atom stereocenters. The zero-order chi connectivity index (χ0) is 14.0. The Morgan fingerprint density at radius 1 is 1.11 bits per heavy atom. The van der Waals surface area contributed by atoms with E-state index in [1.54, 1.807) is 12.5 Å². The third kappa shape index (κ3) is 2.57. The summed E-state index contributed by atoms with van der Waals surface area (Å²) >= 11 is 3.55. The summed E-state index contributed by atoms with van der Waals surface area (Å²) in [5.74, 6) is 0.171. The molecule has 0 fully saturated rings. The normalized spacial score (nSPS) is 11.7. The van der Waals surface area contributed by atoms with Crippen LogP contribution in [0.5, 0.6) is 0 Å². The van der Waals surface area contributed by atoms with Crippen molar-refractivity contribution in [2.24, 2.45) is 0 Å². The summed E-state index contributed by atoms with van der Waals surface area (Å²) < 4.78 is 6.25. The van der Waals surface area contributed by atoms with Crippen LogP contribution < -0.4 is 0 Å². The van der Waals surface area contributed by atoms with Gasteiger partial charge in [-0.25, -0.2) is 0 Å². The van der Waals surface area contributed by atoms with Crippen LogP contribution in [0.4, 0.5) is 0 Å². The van der Waals surface area contributed by atoms with Gasteiger partial charge in [0.15, 0.2) is 0 Å². The number of fused-ring (bicyclic) bond motifs is 1. The van der Waals surface area contributed by atoms with Gasteiger partial charge in [-0.2, -0.15) is 0 Å². The number of aliphatic hydroxyl groups is 2. The maximum absolute atomic E-state index is 9.25. The molecule has 0 aromatic heterocycles. The van der Waals surface area contributed by atoms with Gasteiger partial charge >= 0.3 is 0 Å². The predicted octanol–water partition coefficient (Wildman–Crippen LogP) is 3.61. The summed E-state index contributed by atoms with van der Waals surface area (Å²) in [5.41, 5.74) is 5.90. The van der Waals surface area contributed by atoms with Crippen LogP contribution in [0.25, 0.3) is 11.1 Å². The minimum absolute atomic E-state index is 0.130. The third-order valence-electron chi connectivity index (χ3n) is 3.87. The minimum atomic E-state index is 0.130. The molecular weight excluding hydrogens is 308 g/mol. The lowest BCUT2D eigenvalue weighted by atomic mass is 9.89. The van der Waals surface area contributed by atoms with E-state index in [0.717, 1.165) is 15.6 Å². The van der Waals surface area contributed by atoms with Gasteiger partial charge in [0, 0.05) is 24.3 Å². The van der Waals surface area contributed by atoms with Crippen molar-refractivity contribution < 1.29 is 14.6 Å². The van der Waals surface area contributed by atoms with Gasteiger partial charge in [0.05, 0.1) is 10.7 Å². The highest BCUT2D eigenvalue weighted by molar-refractivity contribution is 9.10. The zero-order valence-corrected chi connectivity index (χ0v) is 12.8. The number of hydrogen-bond acceptors (Lipinski definition) is 3. The van der Waals surface area contributed by atoms with Gasteiger partial charge in [0.1, 0.15) is 6.26 Å². The second kappa shape index (κ2) is 6.07. The van der Waals surface area contributed by atoms with Gasteiger partial charge in [0.25, 0.3) is 0 Å². The quantitative estimate of drug-likeness (QED) is 0.882. The molecule has 3 nitrogen and oxygen atoms in total. The van der Waals surface area contributed by atoms with Gasteiger partial charge in [-0.3, -0.25) is 0 Å². The minimum Gasteiger partial charge on any atom is -0.471 e. The topological polar surface area (TPSA) is 53.6 Å². The van der Waals surface area contributed by atoms with Gasteiger partial charge in [-0.1, -0.05) is 0 Å². The van der Waals surface area contributed by atoms with Crippen LogP contribution >= 0.6 is 15.9 Å². The Hall–Kier alpha value is -0.840. The molecule has 0 saturated heterocycles. The fourth-order valence-corrected chi connectivity index (χ4v) is 3.34. The Bertz CT molecular complexity index is 527. The fourth-order valence-electron chi connectivity index (χ4n) is 2.80. The number of rotatable bonds is 5. The Balaban J connectivity index is 2.61. The lowest BCUT2D eigenvalue weighted by Crippen LogP contribution is -2.06. The average Bonchev–Trinajstić information content (AvgIpc) is 2.64. The largest absolute Gasteiger partial charge is 0.471 e. The van der Waals surface area contributed by atoms with Gasteiger partial charge in [-0.15, -0.1) is 0 Å². The molecule has 2 N–H and O–H groups in total. The van der Waals surface area contributed by atoms with E-state index in [9.17, 15) is 10.2 Å². The molecule has 1 heterocycles. The highest BCUT2D eigenvalue weighted by Gasteiger charge is 2.26. The van der Waals surface area contributed by atoms with Crippen LogP contribution in [-0.2, 0) is 0 Å². The highest BCUT2D eigenvalue weighted by Crippen LogP contribution is 2.45. The van der Waals surface area contributed by atoms with Crippen molar-refractivity contribution in [3.8, 4) is 11.1 Å². The summed E-state index contributed by atoms with van der Waals surface area (Å²) in [6.07, 6.45) is 4.78. The van der Waals surface area contributed by atoms with Crippen LogP contribution in [0, 0.1) is 13.8 Å². The van der Waals surface area contributed by atoms with Crippen molar-refractivity contribution in [3.63, 3.8) is 0 Å². The molecule has 19 heavy (non-hydrogen) atoms. The Morgan fingerprint density at radius 2 is 1.74 bits per heavy atom. The van der Waals surface area contributed by atoms with Gasteiger partial charge in [0.2, 0.25) is 0 Å². The third-order valence-corrected chi connectivity index (χ3v) is 4.45. The summed E-state index contributed by atoms with van der Waals surface area (Å²) in [4.78, 5) is 0. The van der Waals surface area contributed by atoms with Crippen LogP contribution in [0.15, 0.2) is 21.4 Å². The van der Waals surface area contributed by atoms with E-state index in [2.05, 4.69) is 29.8 Å². The van der Waals surface area contributed by atoms with Crippen LogP contribution in [-0.4, -0.2) is 23.4 Å². The summed E-state index contributed by atoms with van der Waals surface area (Å²) in [7, 11) is 0. The first kappa shape index (κ1) is 14.6. The Morgan fingerprint density at radius 3 is 2.32 bits per heavy atom. The molecule has 0 spiro atoms. The second-order valence-electron chi connectivity index (χ2n) is 4.89. The van der Waals surface area contributed by atoms with Crippen molar-refractivity contribution in [1.82, 2.24) is 0 Å². The molecule has 0 saturated carbocycles. The first-order valence-corrected chi connectivity index (χ1v) is 7.27. The molecule has 0 aromatic carbocycles. The van der Waals surface area contributed by atoms with Gasteiger partial charge in [-0.05, 0) is 65.2 Å². The standard InChI is InChI=1S/C15H19BrO3/c1-9-10(2)14(11(3-5-17)4-6-18)15-12(9)7-19-8-13(15)16/h7-8,11,17-18H,3-6H2,1-2H3. The summed E-state index contributed by atoms with van der Waals surface area (Å²) in [6, 6.07) is 0. The van der Waals surface area contributed by atoms with E-state index in [0.29, 0.717) is 12.8 Å². The zero-order valence-electron chi connectivity index (χ0n) is 11.2. The molecule has 4 heteroatoms. The Kier molecular flexibility index (Phi) is 4.66. The lowest BCUT2D eigenvalue weighted by Gasteiger charge is -2.18. The number of hydrogen-bond donors (Lipinski definition) is 2. The van der Waals surface area contributed by atoms with Crippen molar-refractivity contribution >= 4 is 15.9 Å². The van der Waals surface area contributed by atoms with Crippen molar-refractivity contribution in [2.45, 2.75) is 32.6 Å². The van der Waals surface area contributed by atoms with Crippen LogP contribution in [0.2, 0.25) is 0 Å². The smallest absolute Gasteiger partial charge is 0.105 e. The molecule has 1 aliphatic heterocycles. The Labute approximate surface area is 121 Å². The van der Waals surface area contributed by atoms with E-state index in [-0.39, 0.29) is 19.1 Å². The van der Waals surface area contributed by atoms with Crippen LogP contribution in [0.1, 0.15) is 35.4 Å². The summed E-state index contributed by atoms with van der Waals surface area (Å²) in [5, 5.41) is 18.5. The molecule has 1 aliphatic carbocycles. The molecule has 0 radical (unpaired) electrons.